The van der Waals surface area contributed by atoms with Crippen LogP contribution < -0.4 is 5.32 Å². The fourth-order valence-corrected chi connectivity index (χ4v) is 3.59. The molecule has 0 radical (unpaired) electrons. The van der Waals surface area contributed by atoms with Gasteiger partial charge in [0.1, 0.15) is 12.6 Å². The molecule has 1 unspecified atom stereocenters. The number of fused-ring (bicyclic) bond motifs is 1. The van der Waals surface area contributed by atoms with E-state index in [1.165, 1.54) is 17.6 Å². The number of aryl methyl sites for hydroxylation is 1. The second kappa shape index (κ2) is 9.53. The van der Waals surface area contributed by atoms with Crippen LogP contribution in [0, 0.1) is 6.92 Å². The molecule has 2 amide bonds. The normalized spacial score (nSPS) is 15.5. The lowest BCUT2D eigenvalue weighted by atomic mass is 10.0. The molecule has 9 nitrogen and oxygen atoms in total. The number of carboxylic acid groups (broad SMARTS) is 1. The molecule has 160 valence electrons. The van der Waals surface area contributed by atoms with Gasteiger partial charge in [0.05, 0.1) is 30.7 Å². The van der Waals surface area contributed by atoms with Crippen molar-refractivity contribution in [2.45, 2.75) is 38.9 Å². The van der Waals surface area contributed by atoms with E-state index in [-0.39, 0.29) is 44.4 Å². The predicted molar refractivity (Wildman–Crippen MR) is 108 cm³/mol. The number of amides is 2. The van der Waals surface area contributed by atoms with Crippen LogP contribution in [0.15, 0.2) is 30.6 Å². The Hall–Kier alpha value is -3.20. The largest absolute Gasteiger partial charge is 0.481 e. The van der Waals surface area contributed by atoms with E-state index in [0.29, 0.717) is 6.54 Å². The van der Waals surface area contributed by atoms with Gasteiger partial charge in [-0.3, -0.25) is 14.4 Å². The summed E-state index contributed by atoms with van der Waals surface area (Å²) in [5.74, 6) is -1.69. The van der Waals surface area contributed by atoms with Gasteiger partial charge >= 0.3 is 5.97 Å². The Balaban J connectivity index is 1.82. The summed E-state index contributed by atoms with van der Waals surface area (Å²) in [6.45, 7) is 2.77. The number of benzene rings is 1. The molecule has 0 saturated heterocycles. The highest BCUT2D eigenvalue weighted by Gasteiger charge is 2.36. The van der Waals surface area contributed by atoms with Crippen LogP contribution in [0.1, 0.15) is 28.9 Å². The Labute approximate surface area is 174 Å². The number of hydrogen-bond acceptors (Lipinski definition) is 5. The first-order valence-corrected chi connectivity index (χ1v) is 9.76. The van der Waals surface area contributed by atoms with Crippen molar-refractivity contribution in [3.8, 4) is 0 Å². The molecule has 9 heteroatoms. The summed E-state index contributed by atoms with van der Waals surface area (Å²) in [5, 5.41) is 11.4. The molecule has 30 heavy (non-hydrogen) atoms. The standard InChI is InChI=1S/C21H26N4O5/c1-14-5-3-4-6-15(14)10-24-13-23-16-9-17(21(29)22-8-7-20(27)28)25(11-18(16)24)19(26)12-30-2/h3-6,13,17H,7-12H2,1-2H3,(H,22,29)(H,27,28). The molecule has 0 aliphatic carbocycles. The Bertz CT molecular complexity index is 939. The molecular weight excluding hydrogens is 388 g/mol. The third kappa shape index (κ3) is 4.85. The third-order valence-corrected chi connectivity index (χ3v) is 5.25. The number of nitrogens with zero attached hydrogens (tertiary/aromatic N) is 3. The first-order valence-electron chi connectivity index (χ1n) is 9.76. The highest BCUT2D eigenvalue weighted by atomic mass is 16.5. The first-order chi connectivity index (χ1) is 14.4. The SMILES string of the molecule is COCC(=O)N1Cc2c(ncn2Cc2ccccc2C)CC1C(=O)NCCC(=O)O. The van der Waals surface area contributed by atoms with Crippen LogP contribution in [0.4, 0.5) is 0 Å². The van der Waals surface area contributed by atoms with Crippen LogP contribution in [0.5, 0.6) is 0 Å². The molecule has 1 aliphatic heterocycles. The van der Waals surface area contributed by atoms with Gasteiger partial charge in [-0.15, -0.1) is 0 Å². The summed E-state index contributed by atoms with van der Waals surface area (Å²) in [6, 6.07) is 7.32. The van der Waals surface area contributed by atoms with Crippen molar-refractivity contribution < 1.29 is 24.2 Å². The Morgan fingerprint density at radius 2 is 2.07 bits per heavy atom. The van der Waals surface area contributed by atoms with Gasteiger partial charge in [-0.1, -0.05) is 24.3 Å². The summed E-state index contributed by atoms with van der Waals surface area (Å²) in [4.78, 5) is 42.0. The molecule has 3 rings (SSSR count). The first kappa shape index (κ1) is 21.5. The minimum atomic E-state index is -0.997. The van der Waals surface area contributed by atoms with Crippen LogP contribution in [0.25, 0.3) is 0 Å². The number of nitrogens with one attached hydrogen (secondary N) is 1. The van der Waals surface area contributed by atoms with E-state index in [1.54, 1.807) is 6.33 Å². The predicted octanol–water partition coefficient (Wildman–Crippen LogP) is 0.730. The van der Waals surface area contributed by atoms with E-state index >= 15 is 0 Å². The summed E-state index contributed by atoms with van der Waals surface area (Å²) in [6.07, 6.45) is 1.83. The molecule has 0 spiro atoms. The number of imidazole rings is 1. The maximum absolute atomic E-state index is 12.7. The van der Waals surface area contributed by atoms with Crippen molar-refractivity contribution in [2.24, 2.45) is 0 Å². The van der Waals surface area contributed by atoms with Gasteiger partial charge in [0.15, 0.2) is 0 Å². The fourth-order valence-electron chi connectivity index (χ4n) is 3.59. The van der Waals surface area contributed by atoms with E-state index in [1.807, 2.05) is 29.7 Å². The van der Waals surface area contributed by atoms with Crippen LogP contribution in [0.3, 0.4) is 0 Å². The lowest BCUT2D eigenvalue weighted by molar-refractivity contribution is -0.145. The van der Waals surface area contributed by atoms with E-state index in [9.17, 15) is 14.4 Å². The van der Waals surface area contributed by atoms with Crippen molar-refractivity contribution in [1.82, 2.24) is 19.8 Å². The number of carbonyl (C=O) groups is 3. The average molecular weight is 414 g/mol. The Morgan fingerprint density at radius 1 is 1.30 bits per heavy atom. The van der Waals surface area contributed by atoms with Gasteiger partial charge in [0, 0.05) is 26.6 Å². The fraction of sp³-hybridized carbons (Fsp3) is 0.429. The molecule has 2 heterocycles. The van der Waals surface area contributed by atoms with E-state index in [2.05, 4.69) is 16.4 Å². The number of aliphatic carboxylic acids is 1. The number of aromatic nitrogens is 2. The molecule has 2 N–H and O–H groups in total. The van der Waals surface area contributed by atoms with E-state index in [4.69, 9.17) is 9.84 Å². The van der Waals surface area contributed by atoms with Gasteiger partial charge in [0.2, 0.25) is 11.8 Å². The van der Waals surface area contributed by atoms with Crippen molar-refractivity contribution in [2.75, 3.05) is 20.3 Å². The smallest absolute Gasteiger partial charge is 0.305 e. The molecule has 1 atom stereocenters. The minimum Gasteiger partial charge on any atom is -0.481 e. The molecule has 2 aromatic rings. The summed E-state index contributed by atoms with van der Waals surface area (Å²) in [7, 11) is 1.43. The van der Waals surface area contributed by atoms with Crippen LogP contribution in [0.2, 0.25) is 0 Å². The zero-order valence-corrected chi connectivity index (χ0v) is 17.1. The summed E-state index contributed by atoms with van der Waals surface area (Å²) >= 11 is 0. The Kier molecular flexibility index (Phi) is 6.83. The molecule has 0 bridgehead atoms. The molecule has 1 aromatic heterocycles. The van der Waals surface area contributed by atoms with Gasteiger partial charge in [-0.2, -0.15) is 0 Å². The number of methoxy groups -OCH3 is 1. The summed E-state index contributed by atoms with van der Waals surface area (Å²) < 4.78 is 6.99. The zero-order chi connectivity index (χ0) is 21.7. The maximum Gasteiger partial charge on any atom is 0.305 e. The van der Waals surface area contributed by atoms with Gasteiger partial charge in [0.25, 0.3) is 0 Å². The topological polar surface area (TPSA) is 114 Å². The van der Waals surface area contributed by atoms with Gasteiger partial charge in [-0.05, 0) is 18.1 Å². The number of ether oxygens (including phenoxy) is 1. The van der Waals surface area contributed by atoms with Crippen LogP contribution in [-0.4, -0.2) is 63.6 Å². The minimum absolute atomic E-state index is 0.00551. The molecule has 1 aliphatic rings. The lowest BCUT2D eigenvalue weighted by Crippen LogP contribution is -2.54. The highest BCUT2D eigenvalue weighted by Crippen LogP contribution is 2.24. The van der Waals surface area contributed by atoms with E-state index in [0.717, 1.165) is 17.0 Å². The maximum atomic E-state index is 12.7. The number of hydrogen-bond donors (Lipinski definition) is 2. The summed E-state index contributed by atoms with van der Waals surface area (Å²) in [5.41, 5.74) is 3.97. The Morgan fingerprint density at radius 3 is 2.77 bits per heavy atom. The second-order valence-electron chi connectivity index (χ2n) is 7.30. The molecular formula is C21H26N4O5. The van der Waals surface area contributed by atoms with Crippen molar-refractivity contribution in [3.05, 3.63) is 53.1 Å². The highest BCUT2D eigenvalue weighted by molar-refractivity contribution is 5.89. The monoisotopic (exact) mass is 414 g/mol. The second-order valence-corrected chi connectivity index (χ2v) is 7.30. The number of rotatable bonds is 8. The van der Waals surface area contributed by atoms with Crippen molar-refractivity contribution in [1.29, 1.82) is 0 Å². The average Bonchev–Trinajstić information content (AvgIpc) is 3.10. The van der Waals surface area contributed by atoms with Crippen LogP contribution in [-0.2, 0) is 38.6 Å². The van der Waals surface area contributed by atoms with Gasteiger partial charge < -0.3 is 24.6 Å². The van der Waals surface area contributed by atoms with Crippen LogP contribution >= 0.6 is 0 Å². The molecule has 0 saturated carbocycles. The quantitative estimate of drug-likeness (QED) is 0.658. The molecule has 0 fully saturated rings. The van der Waals surface area contributed by atoms with Gasteiger partial charge in [-0.25, -0.2) is 4.98 Å². The number of carbonyl (C=O) groups excluding carboxylic acids is 2. The third-order valence-electron chi connectivity index (χ3n) is 5.25. The van der Waals surface area contributed by atoms with E-state index < -0.39 is 12.0 Å². The van der Waals surface area contributed by atoms with Crippen molar-refractivity contribution in [3.63, 3.8) is 0 Å². The number of carboxylic acids is 1. The lowest BCUT2D eigenvalue weighted by Gasteiger charge is -2.34. The molecule has 1 aromatic carbocycles. The van der Waals surface area contributed by atoms with Crippen molar-refractivity contribution >= 4 is 17.8 Å². The zero-order valence-electron chi connectivity index (χ0n) is 17.1.